The Kier molecular flexibility index (Phi) is 5.06. The van der Waals surface area contributed by atoms with Crippen LogP contribution in [-0.4, -0.2) is 18.5 Å². The Hall–Kier alpha value is -0.370. The van der Waals surface area contributed by atoms with Crippen LogP contribution in [0.5, 0.6) is 0 Å². The number of ether oxygens (including phenoxy) is 1. The highest BCUT2D eigenvalue weighted by Crippen LogP contribution is 2.66. The van der Waals surface area contributed by atoms with Crippen LogP contribution in [0.4, 0.5) is 0 Å². The first-order valence-electron chi connectivity index (χ1n) is 11.8. The molecule has 4 unspecified atom stereocenters. The Morgan fingerprint density at radius 2 is 1.59 bits per heavy atom. The molecule has 0 spiro atoms. The van der Waals surface area contributed by atoms with E-state index in [1.54, 1.807) is 0 Å². The first-order chi connectivity index (χ1) is 12.7. The average Bonchev–Trinajstić information content (AvgIpc) is 2.76. The number of carbonyl (C=O) groups is 1. The molecule has 4 saturated carbocycles. The summed E-state index contributed by atoms with van der Waals surface area (Å²) in [5.41, 5.74) is 0.854. The third-order valence-electron chi connectivity index (χ3n) is 10.4. The van der Waals surface area contributed by atoms with Gasteiger partial charge in [0.15, 0.2) is 0 Å². The number of carbonyl (C=O) groups excluding carboxylic acids is 1. The summed E-state index contributed by atoms with van der Waals surface area (Å²) >= 11 is 0. The van der Waals surface area contributed by atoms with Crippen molar-refractivity contribution < 1.29 is 9.53 Å². The van der Waals surface area contributed by atoms with Crippen molar-refractivity contribution in [2.24, 2.45) is 40.4 Å². The van der Waals surface area contributed by atoms with Gasteiger partial charge in [-0.3, -0.25) is 4.79 Å². The fraction of sp³-hybridized carbons (Fsp3) is 0.960. The second kappa shape index (κ2) is 6.85. The SMILES string of the molecule is COC1(C)CCC[C@@]2(C)C(CC[C@@H]3C2CC[C@@]2(C)C3CCC[C@@H]2C(C)=O)C1. The number of hydrogen-bond acceptors (Lipinski definition) is 2. The molecule has 4 rings (SSSR count). The van der Waals surface area contributed by atoms with Crippen LogP contribution in [-0.2, 0) is 9.53 Å². The lowest BCUT2D eigenvalue weighted by Crippen LogP contribution is -2.56. The topological polar surface area (TPSA) is 26.3 Å². The van der Waals surface area contributed by atoms with Crippen molar-refractivity contribution >= 4 is 5.78 Å². The molecule has 0 bridgehead atoms. The molecule has 0 amide bonds. The second-order valence-electron chi connectivity index (χ2n) is 11.5. The summed E-state index contributed by atoms with van der Waals surface area (Å²) in [4.78, 5) is 12.4. The van der Waals surface area contributed by atoms with Gasteiger partial charge in [-0.2, -0.15) is 0 Å². The number of methoxy groups -OCH3 is 1. The lowest BCUT2D eigenvalue weighted by atomic mass is 9.42. The predicted molar refractivity (Wildman–Crippen MR) is 111 cm³/mol. The quantitative estimate of drug-likeness (QED) is 0.557. The Labute approximate surface area is 167 Å². The number of ketones is 1. The summed E-state index contributed by atoms with van der Waals surface area (Å²) in [6.07, 6.45) is 14.4. The highest BCUT2D eigenvalue weighted by Gasteiger charge is 2.59. The number of Topliss-reactive ketones (excluding diaryl/α,β-unsaturated/α-hetero) is 1. The van der Waals surface area contributed by atoms with Gasteiger partial charge in [0.05, 0.1) is 5.60 Å². The first kappa shape index (κ1) is 19.9. The maximum atomic E-state index is 12.4. The monoisotopic (exact) mass is 374 g/mol. The molecule has 0 aromatic rings. The van der Waals surface area contributed by atoms with Crippen LogP contribution in [0.2, 0.25) is 0 Å². The molecule has 0 heterocycles. The van der Waals surface area contributed by atoms with E-state index in [2.05, 4.69) is 20.8 Å². The summed E-state index contributed by atoms with van der Waals surface area (Å²) in [5, 5.41) is 0. The van der Waals surface area contributed by atoms with E-state index in [0.717, 1.165) is 30.1 Å². The molecule has 2 nitrogen and oxygen atoms in total. The minimum atomic E-state index is 0.0863. The summed E-state index contributed by atoms with van der Waals surface area (Å²) in [5.74, 6) is 4.13. The fourth-order valence-corrected chi connectivity index (χ4v) is 8.78. The van der Waals surface area contributed by atoms with E-state index >= 15 is 0 Å². The minimum absolute atomic E-state index is 0.0863. The van der Waals surface area contributed by atoms with Crippen molar-refractivity contribution in [3.8, 4) is 0 Å². The van der Waals surface area contributed by atoms with Crippen molar-refractivity contribution in [1.82, 2.24) is 0 Å². The molecule has 154 valence electrons. The molecule has 8 atom stereocenters. The zero-order chi connectivity index (χ0) is 19.4. The van der Waals surface area contributed by atoms with Gasteiger partial charge >= 0.3 is 0 Å². The maximum Gasteiger partial charge on any atom is 0.133 e. The van der Waals surface area contributed by atoms with E-state index in [1.807, 2.05) is 14.0 Å². The molecular formula is C25H42O2. The highest BCUT2D eigenvalue weighted by atomic mass is 16.5. The molecule has 0 saturated heterocycles. The lowest BCUT2D eigenvalue weighted by Gasteiger charge is -2.62. The fourth-order valence-electron chi connectivity index (χ4n) is 8.78. The largest absolute Gasteiger partial charge is 0.379 e. The molecule has 4 aliphatic carbocycles. The Balaban J connectivity index is 1.62. The zero-order valence-corrected chi connectivity index (χ0v) is 18.5. The third kappa shape index (κ3) is 3.04. The first-order valence-corrected chi connectivity index (χ1v) is 11.8. The Morgan fingerprint density at radius 3 is 2.30 bits per heavy atom. The van der Waals surface area contributed by atoms with Crippen molar-refractivity contribution in [1.29, 1.82) is 0 Å². The summed E-state index contributed by atoms with van der Waals surface area (Å²) in [6.45, 7) is 9.34. The van der Waals surface area contributed by atoms with Crippen LogP contribution in [0.3, 0.4) is 0 Å². The van der Waals surface area contributed by atoms with Crippen molar-refractivity contribution in [3.63, 3.8) is 0 Å². The highest BCUT2D eigenvalue weighted by molar-refractivity contribution is 5.79. The van der Waals surface area contributed by atoms with Gasteiger partial charge in [0, 0.05) is 13.0 Å². The molecule has 0 aromatic carbocycles. The molecule has 2 heteroatoms. The molecule has 4 fully saturated rings. The van der Waals surface area contributed by atoms with Gasteiger partial charge in [-0.1, -0.05) is 26.7 Å². The number of hydrogen-bond donors (Lipinski definition) is 0. The van der Waals surface area contributed by atoms with Crippen LogP contribution in [0.1, 0.15) is 98.3 Å². The third-order valence-corrected chi connectivity index (χ3v) is 10.4. The van der Waals surface area contributed by atoms with Gasteiger partial charge in [0.25, 0.3) is 0 Å². The Bertz CT molecular complexity index is 585. The summed E-state index contributed by atoms with van der Waals surface area (Å²) < 4.78 is 5.99. The molecule has 4 aliphatic rings. The second-order valence-corrected chi connectivity index (χ2v) is 11.5. The van der Waals surface area contributed by atoms with Gasteiger partial charge in [0.2, 0.25) is 0 Å². The van der Waals surface area contributed by atoms with E-state index < -0.39 is 0 Å². The van der Waals surface area contributed by atoms with E-state index in [1.165, 1.54) is 64.2 Å². The minimum Gasteiger partial charge on any atom is -0.379 e. The molecule has 0 aliphatic heterocycles. The molecule has 27 heavy (non-hydrogen) atoms. The maximum absolute atomic E-state index is 12.4. The number of fused-ring (bicyclic) bond motifs is 5. The van der Waals surface area contributed by atoms with E-state index in [-0.39, 0.29) is 11.0 Å². The zero-order valence-electron chi connectivity index (χ0n) is 18.5. The molecule has 0 radical (unpaired) electrons. The number of rotatable bonds is 2. The predicted octanol–water partition coefficient (Wildman–Crippen LogP) is 6.42. The van der Waals surface area contributed by atoms with Gasteiger partial charge in [0.1, 0.15) is 5.78 Å². The van der Waals surface area contributed by atoms with Gasteiger partial charge in [-0.15, -0.1) is 0 Å². The van der Waals surface area contributed by atoms with Crippen molar-refractivity contribution in [2.45, 2.75) is 104 Å². The van der Waals surface area contributed by atoms with Crippen molar-refractivity contribution in [2.75, 3.05) is 7.11 Å². The normalized spacial score (nSPS) is 52.9. The molecular weight excluding hydrogens is 332 g/mol. The standard InChI is InChI=1S/C25H42O2/c1-17(26)20-8-6-9-21-19-11-10-18-16-23(2,27-5)13-7-14-24(18,3)22(19)12-15-25(20,21)4/h18-22H,6-16H2,1-5H3/t18?,19-,20+,21?,22?,23?,24-,25+/m0/s1. The van der Waals surface area contributed by atoms with Crippen molar-refractivity contribution in [3.05, 3.63) is 0 Å². The van der Waals surface area contributed by atoms with E-state index in [9.17, 15) is 4.79 Å². The van der Waals surface area contributed by atoms with Crippen LogP contribution < -0.4 is 0 Å². The molecule has 0 aromatic heterocycles. The van der Waals surface area contributed by atoms with E-state index in [0.29, 0.717) is 17.1 Å². The lowest BCUT2D eigenvalue weighted by molar-refractivity contribution is -0.152. The average molecular weight is 375 g/mol. The van der Waals surface area contributed by atoms with Crippen LogP contribution in [0, 0.1) is 40.4 Å². The van der Waals surface area contributed by atoms with Crippen LogP contribution >= 0.6 is 0 Å². The summed E-state index contributed by atoms with van der Waals surface area (Å²) in [7, 11) is 1.92. The van der Waals surface area contributed by atoms with E-state index in [4.69, 9.17) is 4.74 Å². The van der Waals surface area contributed by atoms with Crippen LogP contribution in [0.15, 0.2) is 0 Å². The Morgan fingerprint density at radius 1 is 0.852 bits per heavy atom. The van der Waals surface area contributed by atoms with Gasteiger partial charge in [-0.25, -0.2) is 0 Å². The van der Waals surface area contributed by atoms with Gasteiger partial charge in [-0.05, 0) is 106 Å². The summed E-state index contributed by atoms with van der Waals surface area (Å²) in [6, 6.07) is 0. The van der Waals surface area contributed by atoms with Crippen LogP contribution in [0.25, 0.3) is 0 Å². The van der Waals surface area contributed by atoms with Gasteiger partial charge < -0.3 is 4.74 Å². The molecule has 0 N–H and O–H groups in total. The smallest absolute Gasteiger partial charge is 0.133 e.